The van der Waals surface area contributed by atoms with Gasteiger partial charge >= 0.3 is 0 Å². The van der Waals surface area contributed by atoms with Crippen LogP contribution in [0.4, 0.5) is 11.4 Å². The third kappa shape index (κ3) is 7.91. The number of methoxy groups -OCH3 is 1. The van der Waals surface area contributed by atoms with Crippen molar-refractivity contribution in [2.24, 2.45) is 0 Å². The second-order valence-electron chi connectivity index (χ2n) is 8.63. The minimum atomic E-state index is -4.09. The van der Waals surface area contributed by atoms with Crippen molar-refractivity contribution in [1.29, 1.82) is 0 Å². The topological polar surface area (TPSA) is 139 Å². The van der Waals surface area contributed by atoms with E-state index in [0.717, 1.165) is 22.2 Å². The standard InChI is InChI=1S/C25H34N4O7S/c1-6-18(3)26-25(31)21(7-2)27(16-19-11-9-8-10-12-19)24(30)17-28(37(5,34)35)22-15-20(29(32)33)13-14-23(22)36-4/h8-15,18,21H,6-7,16-17H2,1-5H3,(H,26,31)/t18-,21+/m0/s1. The molecular weight excluding hydrogens is 500 g/mol. The molecule has 0 saturated carbocycles. The molecule has 2 rings (SSSR count). The molecule has 2 amide bonds. The summed E-state index contributed by atoms with van der Waals surface area (Å²) in [4.78, 5) is 38.9. The average Bonchev–Trinajstić information content (AvgIpc) is 2.86. The summed E-state index contributed by atoms with van der Waals surface area (Å²) in [7, 11) is -2.79. The zero-order valence-corrected chi connectivity index (χ0v) is 22.5. The predicted octanol–water partition coefficient (Wildman–Crippen LogP) is 3.09. The number of nitro groups is 1. The molecule has 0 aliphatic rings. The molecule has 0 saturated heterocycles. The molecule has 0 aliphatic heterocycles. The molecule has 2 aromatic carbocycles. The van der Waals surface area contributed by atoms with Crippen LogP contribution in [-0.4, -0.2) is 62.0 Å². The molecule has 0 radical (unpaired) electrons. The van der Waals surface area contributed by atoms with Crippen LogP contribution in [-0.2, 0) is 26.2 Å². The lowest BCUT2D eigenvalue weighted by Gasteiger charge is -2.33. The van der Waals surface area contributed by atoms with Crippen molar-refractivity contribution >= 4 is 33.2 Å². The average molecular weight is 535 g/mol. The van der Waals surface area contributed by atoms with E-state index < -0.39 is 33.4 Å². The molecule has 0 bridgehead atoms. The summed E-state index contributed by atoms with van der Waals surface area (Å²) in [6.07, 6.45) is 1.89. The summed E-state index contributed by atoms with van der Waals surface area (Å²) < 4.78 is 31.6. The van der Waals surface area contributed by atoms with Crippen LogP contribution >= 0.6 is 0 Å². The van der Waals surface area contributed by atoms with Gasteiger partial charge in [-0.25, -0.2) is 8.42 Å². The van der Waals surface area contributed by atoms with Gasteiger partial charge in [-0.3, -0.25) is 24.0 Å². The van der Waals surface area contributed by atoms with Crippen molar-refractivity contribution in [2.75, 3.05) is 24.2 Å². The Morgan fingerprint density at radius 3 is 2.27 bits per heavy atom. The highest BCUT2D eigenvalue weighted by molar-refractivity contribution is 7.92. The minimum Gasteiger partial charge on any atom is -0.495 e. The van der Waals surface area contributed by atoms with Crippen molar-refractivity contribution in [2.45, 2.75) is 52.2 Å². The summed E-state index contributed by atoms with van der Waals surface area (Å²) in [5.74, 6) is -0.950. The van der Waals surface area contributed by atoms with Crippen LogP contribution in [0.3, 0.4) is 0 Å². The van der Waals surface area contributed by atoms with Gasteiger partial charge in [0.05, 0.1) is 18.3 Å². The molecule has 0 spiro atoms. The summed E-state index contributed by atoms with van der Waals surface area (Å²) in [5, 5.41) is 14.2. The van der Waals surface area contributed by atoms with Crippen LogP contribution in [0.2, 0.25) is 0 Å². The number of anilines is 1. The van der Waals surface area contributed by atoms with Gasteiger partial charge in [0.2, 0.25) is 21.8 Å². The van der Waals surface area contributed by atoms with Crippen LogP contribution in [0.15, 0.2) is 48.5 Å². The van der Waals surface area contributed by atoms with Gasteiger partial charge in [0.1, 0.15) is 24.0 Å². The van der Waals surface area contributed by atoms with Crippen molar-refractivity contribution in [3.05, 3.63) is 64.2 Å². The van der Waals surface area contributed by atoms with Crippen LogP contribution in [0.5, 0.6) is 5.75 Å². The van der Waals surface area contributed by atoms with E-state index >= 15 is 0 Å². The quantitative estimate of drug-likeness (QED) is 0.308. The van der Waals surface area contributed by atoms with Gasteiger partial charge in [-0.2, -0.15) is 0 Å². The van der Waals surface area contributed by atoms with E-state index in [1.165, 1.54) is 24.1 Å². The molecule has 0 fully saturated rings. The monoisotopic (exact) mass is 534 g/mol. The maximum Gasteiger partial charge on any atom is 0.271 e. The van der Waals surface area contributed by atoms with Gasteiger partial charge in [-0.05, 0) is 31.4 Å². The van der Waals surface area contributed by atoms with Crippen LogP contribution in [0, 0.1) is 10.1 Å². The fourth-order valence-electron chi connectivity index (χ4n) is 3.72. The maximum atomic E-state index is 13.7. The number of rotatable bonds is 13. The number of carbonyl (C=O) groups excluding carboxylic acids is 2. The Bertz CT molecular complexity index is 1200. The van der Waals surface area contributed by atoms with E-state index in [4.69, 9.17) is 4.74 Å². The zero-order chi connectivity index (χ0) is 27.8. The lowest BCUT2D eigenvalue weighted by atomic mass is 10.1. The number of ether oxygens (including phenoxy) is 1. The Kier molecular flexibility index (Phi) is 10.4. The first-order valence-corrected chi connectivity index (χ1v) is 13.7. The molecule has 2 aromatic rings. The summed E-state index contributed by atoms with van der Waals surface area (Å²) in [6, 6.07) is 11.5. The van der Waals surface area contributed by atoms with E-state index in [1.54, 1.807) is 31.2 Å². The summed E-state index contributed by atoms with van der Waals surface area (Å²) in [6.45, 7) is 4.93. The highest BCUT2D eigenvalue weighted by Gasteiger charge is 2.33. The fourth-order valence-corrected chi connectivity index (χ4v) is 4.57. The van der Waals surface area contributed by atoms with Gasteiger partial charge in [0, 0.05) is 24.7 Å². The van der Waals surface area contributed by atoms with Crippen LogP contribution < -0.4 is 14.4 Å². The van der Waals surface area contributed by atoms with Gasteiger partial charge < -0.3 is 15.0 Å². The van der Waals surface area contributed by atoms with E-state index in [1.807, 2.05) is 19.9 Å². The lowest BCUT2D eigenvalue weighted by molar-refractivity contribution is -0.384. The van der Waals surface area contributed by atoms with E-state index in [9.17, 15) is 28.1 Å². The van der Waals surface area contributed by atoms with Gasteiger partial charge in [-0.1, -0.05) is 44.2 Å². The molecule has 2 atom stereocenters. The first kappa shape index (κ1) is 29.6. The molecule has 37 heavy (non-hydrogen) atoms. The Hall–Kier alpha value is -3.67. The smallest absolute Gasteiger partial charge is 0.271 e. The number of benzene rings is 2. The fraction of sp³-hybridized carbons (Fsp3) is 0.440. The number of nitrogens with zero attached hydrogens (tertiary/aromatic N) is 3. The van der Waals surface area contributed by atoms with Crippen molar-refractivity contribution in [3.63, 3.8) is 0 Å². The SMILES string of the molecule is CC[C@H](C(=O)N[C@@H](C)CC)N(Cc1ccccc1)C(=O)CN(c1cc([N+](=O)[O-])ccc1OC)S(C)(=O)=O. The van der Waals surface area contributed by atoms with E-state index in [0.29, 0.717) is 12.8 Å². The normalized spacial score (nSPS) is 12.8. The van der Waals surface area contributed by atoms with E-state index in [2.05, 4.69) is 5.32 Å². The second kappa shape index (κ2) is 13.0. The highest BCUT2D eigenvalue weighted by Crippen LogP contribution is 2.34. The lowest BCUT2D eigenvalue weighted by Crippen LogP contribution is -2.53. The molecule has 1 N–H and O–H groups in total. The van der Waals surface area contributed by atoms with Gasteiger partial charge in [0.15, 0.2) is 0 Å². The molecule has 0 aromatic heterocycles. The second-order valence-corrected chi connectivity index (χ2v) is 10.5. The predicted molar refractivity (Wildman–Crippen MR) is 141 cm³/mol. The Morgan fingerprint density at radius 1 is 1.11 bits per heavy atom. The number of hydrogen-bond acceptors (Lipinski definition) is 7. The van der Waals surface area contributed by atoms with Gasteiger partial charge in [-0.15, -0.1) is 0 Å². The number of carbonyl (C=O) groups is 2. The number of amides is 2. The number of hydrogen-bond donors (Lipinski definition) is 1. The molecule has 0 heterocycles. The molecule has 0 unspecified atom stereocenters. The van der Waals surface area contributed by atoms with Crippen molar-refractivity contribution < 1.29 is 27.7 Å². The molecule has 11 nitrogen and oxygen atoms in total. The first-order valence-electron chi connectivity index (χ1n) is 11.9. The highest BCUT2D eigenvalue weighted by atomic mass is 32.2. The minimum absolute atomic E-state index is 0.0417. The van der Waals surface area contributed by atoms with Crippen molar-refractivity contribution in [1.82, 2.24) is 10.2 Å². The largest absolute Gasteiger partial charge is 0.495 e. The molecule has 12 heteroatoms. The maximum absolute atomic E-state index is 13.7. The number of nitrogens with one attached hydrogen (secondary N) is 1. The third-order valence-corrected chi connectivity index (χ3v) is 7.03. The zero-order valence-electron chi connectivity index (χ0n) is 21.7. The molecule has 0 aliphatic carbocycles. The number of nitro benzene ring substituents is 1. The Morgan fingerprint density at radius 2 is 1.76 bits per heavy atom. The number of non-ortho nitro benzene ring substituents is 1. The Labute approximate surface area is 217 Å². The molecule has 202 valence electrons. The summed E-state index contributed by atoms with van der Waals surface area (Å²) >= 11 is 0. The van der Waals surface area contributed by atoms with Gasteiger partial charge in [0.25, 0.3) is 5.69 Å². The summed E-state index contributed by atoms with van der Waals surface area (Å²) in [5.41, 5.74) is 0.242. The van der Waals surface area contributed by atoms with Crippen LogP contribution in [0.25, 0.3) is 0 Å². The third-order valence-electron chi connectivity index (χ3n) is 5.90. The first-order chi connectivity index (χ1) is 17.4. The van der Waals surface area contributed by atoms with Crippen LogP contribution in [0.1, 0.15) is 39.2 Å². The molecular formula is C25H34N4O7S. The number of sulfonamides is 1. The van der Waals surface area contributed by atoms with Crippen molar-refractivity contribution in [3.8, 4) is 5.75 Å². The Balaban J connectivity index is 2.54. The van der Waals surface area contributed by atoms with E-state index in [-0.39, 0.29) is 35.6 Å².